The van der Waals surface area contributed by atoms with Gasteiger partial charge < -0.3 is 9.47 Å². The zero-order chi connectivity index (χ0) is 40.7. The smallest absolute Gasteiger partial charge is 0.0541 e. The SMILES string of the molecule is C[C@H]1C[C@@H]2C[C@H](C1)C1(c3ccccc3-c3cc(N(c4ccc(-c5cccc(-n6c7ccccc7c7ccccc76)c5)cc4)c4cccc(-c5ccccc5)c4)ccc31)[C@H](C)C2. The van der Waals surface area contributed by atoms with E-state index < -0.39 is 0 Å². The summed E-state index contributed by atoms with van der Waals surface area (Å²) >= 11 is 0. The van der Waals surface area contributed by atoms with Crippen molar-refractivity contribution in [3.05, 3.63) is 205 Å². The highest BCUT2D eigenvalue weighted by atomic mass is 15.1. The fraction of sp³-hybridized carbons (Fsp3) is 0.186. The van der Waals surface area contributed by atoms with Gasteiger partial charge in [-0.3, -0.25) is 0 Å². The lowest BCUT2D eigenvalue weighted by molar-refractivity contribution is 0.0426. The fourth-order valence-electron chi connectivity index (χ4n) is 12.6. The van der Waals surface area contributed by atoms with Crippen molar-refractivity contribution < 1.29 is 0 Å². The van der Waals surface area contributed by atoms with E-state index in [1.54, 1.807) is 11.1 Å². The Morgan fingerprint density at radius 1 is 0.443 bits per heavy atom. The summed E-state index contributed by atoms with van der Waals surface area (Å²) in [6.45, 7) is 5.07. The molecule has 1 heterocycles. The van der Waals surface area contributed by atoms with Crippen molar-refractivity contribution in [3.63, 3.8) is 0 Å². The van der Waals surface area contributed by atoms with E-state index in [0.29, 0.717) is 11.8 Å². The summed E-state index contributed by atoms with van der Waals surface area (Å²) in [5, 5.41) is 2.56. The molecule has 2 saturated carbocycles. The summed E-state index contributed by atoms with van der Waals surface area (Å²) in [6, 6.07) is 72.5. The summed E-state index contributed by atoms with van der Waals surface area (Å²) in [7, 11) is 0. The molecule has 0 aliphatic heterocycles. The van der Waals surface area contributed by atoms with Crippen LogP contribution in [-0.4, -0.2) is 4.57 Å². The van der Waals surface area contributed by atoms with Crippen molar-refractivity contribution in [2.24, 2.45) is 23.7 Å². The Kier molecular flexibility index (Phi) is 8.46. The van der Waals surface area contributed by atoms with Crippen LogP contribution in [0.2, 0.25) is 0 Å². The molecule has 1 unspecified atom stereocenters. The van der Waals surface area contributed by atoms with Crippen LogP contribution in [0.3, 0.4) is 0 Å². The largest absolute Gasteiger partial charge is 0.310 e. The van der Waals surface area contributed by atoms with Gasteiger partial charge in [0.1, 0.15) is 0 Å². The summed E-state index contributed by atoms with van der Waals surface area (Å²) < 4.78 is 2.40. The lowest BCUT2D eigenvalue weighted by Gasteiger charge is -2.54. The first-order valence-electron chi connectivity index (χ1n) is 22.4. The second kappa shape index (κ2) is 14.2. The van der Waals surface area contributed by atoms with E-state index in [0.717, 1.165) is 23.2 Å². The second-order valence-electron chi connectivity index (χ2n) is 18.4. The van der Waals surface area contributed by atoms with Gasteiger partial charge in [0.15, 0.2) is 0 Å². The lowest BCUT2D eigenvalue weighted by Crippen LogP contribution is -2.49. The van der Waals surface area contributed by atoms with Crippen LogP contribution in [0.5, 0.6) is 0 Å². The number of rotatable bonds is 6. The highest BCUT2D eigenvalue weighted by Gasteiger charge is 2.56. The number of fused-ring (bicyclic) bond motifs is 11. The van der Waals surface area contributed by atoms with Crippen LogP contribution in [0.1, 0.15) is 50.7 Å². The zero-order valence-electron chi connectivity index (χ0n) is 35.0. The highest BCUT2D eigenvalue weighted by Crippen LogP contribution is 2.65. The molecule has 2 nitrogen and oxygen atoms in total. The molecule has 12 rings (SSSR count). The van der Waals surface area contributed by atoms with E-state index in [1.165, 1.54) is 92.2 Å². The molecule has 3 aliphatic rings. The average molecular weight is 787 g/mol. The number of hydrogen-bond acceptors (Lipinski definition) is 1. The van der Waals surface area contributed by atoms with E-state index >= 15 is 0 Å². The molecule has 9 aromatic rings. The Balaban J connectivity index is 0.979. The first-order chi connectivity index (χ1) is 30.0. The molecule has 0 saturated heterocycles. The summed E-state index contributed by atoms with van der Waals surface area (Å²) in [5.74, 6) is 2.93. The van der Waals surface area contributed by atoms with Crippen molar-refractivity contribution in [1.29, 1.82) is 0 Å². The van der Waals surface area contributed by atoms with Gasteiger partial charge in [-0.2, -0.15) is 0 Å². The first kappa shape index (κ1) is 36.2. The summed E-state index contributed by atoms with van der Waals surface area (Å²) in [5.41, 5.74) is 18.0. The maximum atomic E-state index is 2.57. The van der Waals surface area contributed by atoms with Crippen molar-refractivity contribution >= 4 is 38.9 Å². The van der Waals surface area contributed by atoms with Crippen LogP contribution in [0, 0.1) is 23.7 Å². The van der Waals surface area contributed by atoms with E-state index in [4.69, 9.17) is 0 Å². The molecule has 0 amide bonds. The highest BCUT2D eigenvalue weighted by molar-refractivity contribution is 6.09. The Morgan fingerprint density at radius 2 is 1.05 bits per heavy atom. The molecule has 0 radical (unpaired) electrons. The molecule has 1 aromatic heterocycles. The van der Waals surface area contributed by atoms with Gasteiger partial charge in [-0.05, 0) is 155 Å². The first-order valence-corrected chi connectivity index (χ1v) is 22.4. The van der Waals surface area contributed by atoms with Crippen molar-refractivity contribution in [1.82, 2.24) is 4.57 Å². The van der Waals surface area contributed by atoms with Crippen LogP contribution in [0.25, 0.3) is 60.9 Å². The molecule has 2 fully saturated rings. The van der Waals surface area contributed by atoms with E-state index in [-0.39, 0.29) is 5.41 Å². The molecule has 0 N–H and O–H groups in total. The Hall–Kier alpha value is -6.64. The van der Waals surface area contributed by atoms with Crippen LogP contribution >= 0.6 is 0 Å². The number of benzene rings is 8. The molecule has 1 spiro atoms. The van der Waals surface area contributed by atoms with Gasteiger partial charge in [0.25, 0.3) is 0 Å². The topological polar surface area (TPSA) is 8.17 Å². The van der Waals surface area contributed by atoms with Gasteiger partial charge in [-0.25, -0.2) is 0 Å². The average Bonchev–Trinajstić information content (AvgIpc) is 3.80. The molecule has 2 heteroatoms. The van der Waals surface area contributed by atoms with Gasteiger partial charge in [-0.15, -0.1) is 0 Å². The molecule has 5 atom stereocenters. The quantitative estimate of drug-likeness (QED) is 0.163. The summed E-state index contributed by atoms with van der Waals surface area (Å²) in [4.78, 5) is 2.47. The molecule has 8 aromatic carbocycles. The maximum absolute atomic E-state index is 2.57. The lowest BCUT2D eigenvalue weighted by atomic mass is 9.49. The van der Waals surface area contributed by atoms with Gasteiger partial charge in [0.05, 0.1) is 11.0 Å². The maximum Gasteiger partial charge on any atom is 0.0541 e. The van der Waals surface area contributed by atoms with Gasteiger partial charge in [-0.1, -0.05) is 147 Å². The van der Waals surface area contributed by atoms with Gasteiger partial charge in [0, 0.05) is 38.9 Å². The minimum atomic E-state index is 0.0725. The molecular weight excluding hydrogens is 737 g/mol. The Bertz CT molecular complexity index is 3040. The second-order valence-corrected chi connectivity index (χ2v) is 18.4. The molecular formula is C59H50N2. The molecule has 2 bridgehead atoms. The molecule has 3 aliphatic carbocycles. The van der Waals surface area contributed by atoms with E-state index in [9.17, 15) is 0 Å². The zero-order valence-corrected chi connectivity index (χ0v) is 35.0. The third-order valence-corrected chi connectivity index (χ3v) is 14.9. The van der Waals surface area contributed by atoms with Crippen LogP contribution in [0.4, 0.5) is 17.1 Å². The number of para-hydroxylation sites is 2. The van der Waals surface area contributed by atoms with Crippen LogP contribution in [0.15, 0.2) is 194 Å². The summed E-state index contributed by atoms with van der Waals surface area (Å²) in [6.07, 6.45) is 5.40. The molecule has 296 valence electrons. The Morgan fingerprint density at radius 3 is 1.84 bits per heavy atom. The van der Waals surface area contributed by atoms with Crippen molar-refractivity contribution in [2.45, 2.75) is 44.9 Å². The normalized spacial score (nSPS) is 21.4. The molecule has 61 heavy (non-hydrogen) atoms. The number of anilines is 3. The van der Waals surface area contributed by atoms with E-state index in [2.05, 4.69) is 217 Å². The monoisotopic (exact) mass is 786 g/mol. The predicted molar refractivity (Wildman–Crippen MR) is 256 cm³/mol. The van der Waals surface area contributed by atoms with Crippen molar-refractivity contribution in [2.75, 3.05) is 4.90 Å². The fourth-order valence-corrected chi connectivity index (χ4v) is 12.6. The number of hydrogen-bond donors (Lipinski definition) is 0. The number of aromatic nitrogens is 1. The third-order valence-electron chi connectivity index (χ3n) is 14.9. The Labute approximate surface area is 359 Å². The van der Waals surface area contributed by atoms with Gasteiger partial charge in [0.2, 0.25) is 0 Å². The predicted octanol–water partition coefficient (Wildman–Crippen LogP) is 15.9. The van der Waals surface area contributed by atoms with Crippen molar-refractivity contribution in [3.8, 4) is 39.1 Å². The third kappa shape index (κ3) is 5.68. The van der Waals surface area contributed by atoms with Gasteiger partial charge >= 0.3 is 0 Å². The van der Waals surface area contributed by atoms with Crippen LogP contribution < -0.4 is 4.90 Å². The minimum Gasteiger partial charge on any atom is -0.310 e. The van der Waals surface area contributed by atoms with Crippen LogP contribution in [-0.2, 0) is 5.41 Å². The van der Waals surface area contributed by atoms with E-state index in [1.807, 2.05) is 0 Å². The standard InChI is InChI=1S/C59H50N2/c1-39-32-41-34-40(2)59(46(33-39)35-41)55-23-9-6-20-51(55)54-38-50(30-31-56(54)59)60(48-18-12-16-44(36-48)42-14-4-3-5-15-42)47-28-26-43(27-29-47)45-17-13-19-49(37-45)61-57-24-10-7-21-52(57)53-22-8-11-25-58(53)61/h3-31,36-41,46H,32-35H2,1-2H3/t39-,40+,41-,46-,59?/m0/s1. The number of nitrogens with zero attached hydrogens (tertiary/aromatic N) is 2. The minimum absolute atomic E-state index is 0.0725.